The summed E-state index contributed by atoms with van der Waals surface area (Å²) in [6.07, 6.45) is 2.44. The van der Waals surface area contributed by atoms with Crippen molar-refractivity contribution in [1.82, 2.24) is 0 Å². The van der Waals surface area contributed by atoms with Gasteiger partial charge in [-0.3, -0.25) is 10.7 Å². The number of benzene rings is 1. The maximum atomic E-state index is 9.05. The molecular formula is C11H14INO2. The molecule has 0 aliphatic heterocycles. The van der Waals surface area contributed by atoms with Gasteiger partial charge in [0.1, 0.15) is 5.69 Å². The molecule has 1 aromatic carbocycles. The van der Waals surface area contributed by atoms with Crippen LogP contribution >= 0.6 is 22.6 Å². The van der Waals surface area contributed by atoms with Crippen molar-refractivity contribution in [3.05, 3.63) is 21.3 Å². The van der Waals surface area contributed by atoms with Crippen molar-refractivity contribution in [2.24, 2.45) is 0 Å². The third-order valence-electron chi connectivity index (χ3n) is 3.07. The Morgan fingerprint density at radius 3 is 2.60 bits per heavy atom. The largest absolute Gasteiger partial charge is 0.493 e. The normalized spacial score (nSPS) is 17.3. The quantitative estimate of drug-likeness (QED) is 0.664. The van der Waals surface area contributed by atoms with Crippen LogP contribution in [0.5, 0.6) is 5.75 Å². The molecular weight excluding hydrogens is 305 g/mol. The Hall–Kier alpha value is -0.490. The van der Waals surface area contributed by atoms with Gasteiger partial charge in [-0.1, -0.05) is 6.92 Å². The second-order valence-corrected chi connectivity index (χ2v) is 5.37. The molecule has 0 aromatic heterocycles. The smallest absolute Gasteiger partial charge is 0.157 e. The zero-order valence-corrected chi connectivity index (χ0v) is 11.0. The number of ether oxygens (including phenoxy) is 1. The number of hydrogen-bond acceptors (Lipinski definition) is 3. The highest BCUT2D eigenvalue weighted by Gasteiger charge is 2.39. The summed E-state index contributed by atoms with van der Waals surface area (Å²) >= 11 is 2.23. The lowest BCUT2D eigenvalue weighted by atomic mass is 9.98. The summed E-state index contributed by atoms with van der Waals surface area (Å²) in [5, 5.41) is 9.05. The Kier molecular flexibility index (Phi) is 2.81. The Balaban J connectivity index is 2.48. The number of anilines is 1. The SMILES string of the molecule is COc1c(I)cc(C2(C)CC2)cc1NO. The van der Waals surface area contributed by atoms with Crippen LogP contribution in [-0.2, 0) is 5.41 Å². The van der Waals surface area contributed by atoms with Gasteiger partial charge in [-0.2, -0.15) is 0 Å². The predicted octanol–water partition coefficient (Wildman–Crippen LogP) is 3.15. The van der Waals surface area contributed by atoms with Crippen molar-refractivity contribution >= 4 is 28.3 Å². The summed E-state index contributed by atoms with van der Waals surface area (Å²) in [6, 6.07) is 4.10. The van der Waals surface area contributed by atoms with Crippen LogP contribution in [0.3, 0.4) is 0 Å². The Morgan fingerprint density at radius 1 is 1.47 bits per heavy atom. The monoisotopic (exact) mass is 319 g/mol. The zero-order valence-electron chi connectivity index (χ0n) is 8.80. The summed E-state index contributed by atoms with van der Waals surface area (Å²) in [6.45, 7) is 2.24. The number of hydrogen-bond donors (Lipinski definition) is 2. The molecule has 1 aliphatic rings. The van der Waals surface area contributed by atoms with Gasteiger partial charge in [0.05, 0.1) is 10.7 Å². The molecule has 1 saturated carbocycles. The van der Waals surface area contributed by atoms with Gasteiger partial charge in [0.15, 0.2) is 5.75 Å². The van der Waals surface area contributed by atoms with E-state index in [1.165, 1.54) is 18.4 Å². The lowest BCUT2D eigenvalue weighted by Gasteiger charge is -2.15. The van der Waals surface area contributed by atoms with Crippen molar-refractivity contribution in [3.63, 3.8) is 0 Å². The first-order chi connectivity index (χ1) is 7.10. The minimum atomic E-state index is 0.303. The summed E-state index contributed by atoms with van der Waals surface area (Å²) in [5.41, 5.74) is 4.41. The summed E-state index contributed by atoms with van der Waals surface area (Å²) < 4.78 is 6.25. The van der Waals surface area contributed by atoms with Crippen LogP contribution in [0, 0.1) is 3.57 Å². The molecule has 2 N–H and O–H groups in total. The van der Waals surface area contributed by atoms with Crippen LogP contribution in [0.4, 0.5) is 5.69 Å². The molecule has 3 nitrogen and oxygen atoms in total. The van der Waals surface area contributed by atoms with E-state index < -0.39 is 0 Å². The van der Waals surface area contributed by atoms with Gasteiger partial charge in [0.25, 0.3) is 0 Å². The molecule has 1 fully saturated rings. The maximum absolute atomic E-state index is 9.05. The molecule has 0 radical (unpaired) electrons. The molecule has 1 aliphatic carbocycles. The molecule has 4 heteroatoms. The molecule has 0 bridgehead atoms. The molecule has 0 unspecified atom stereocenters. The van der Waals surface area contributed by atoms with E-state index in [-0.39, 0.29) is 0 Å². The standard InChI is InChI=1S/C11H14INO2/c1-11(3-4-11)7-5-8(12)10(15-2)9(6-7)13-14/h5-6,13-14H,3-4H2,1-2H3. The van der Waals surface area contributed by atoms with Crippen molar-refractivity contribution in [3.8, 4) is 5.75 Å². The van der Waals surface area contributed by atoms with E-state index in [0.29, 0.717) is 16.9 Å². The highest BCUT2D eigenvalue weighted by molar-refractivity contribution is 14.1. The van der Waals surface area contributed by atoms with Gasteiger partial charge < -0.3 is 4.74 Å². The van der Waals surface area contributed by atoms with Gasteiger partial charge >= 0.3 is 0 Å². The van der Waals surface area contributed by atoms with Gasteiger partial charge in [0.2, 0.25) is 0 Å². The van der Waals surface area contributed by atoms with Crippen molar-refractivity contribution in [2.45, 2.75) is 25.2 Å². The average molecular weight is 319 g/mol. The lowest BCUT2D eigenvalue weighted by Crippen LogP contribution is -2.04. The van der Waals surface area contributed by atoms with Gasteiger partial charge in [-0.15, -0.1) is 0 Å². The summed E-state index contributed by atoms with van der Waals surface area (Å²) in [5.74, 6) is 0.700. The molecule has 0 heterocycles. The number of nitrogens with one attached hydrogen (secondary N) is 1. The van der Waals surface area contributed by atoms with Gasteiger partial charge in [-0.25, -0.2) is 0 Å². The van der Waals surface area contributed by atoms with Crippen LogP contribution in [-0.4, -0.2) is 12.3 Å². The van der Waals surface area contributed by atoms with Gasteiger partial charge in [-0.05, 0) is 58.5 Å². The van der Waals surface area contributed by atoms with E-state index in [1.54, 1.807) is 7.11 Å². The predicted molar refractivity (Wildman–Crippen MR) is 67.7 cm³/mol. The summed E-state index contributed by atoms with van der Waals surface area (Å²) in [4.78, 5) is 0. The third kappa shape index (κ3) is 1.92. The molecule has 0 saturated heterocycles. The highest BCUT2D eigenvalue weighted by atomic mass is 127. The van der Waals surface area contributed by atoms with Crippen molar-refractivity contribution in [2.75, 3.05) is 12.6 Å². The molecule has 82 valence electrons. The van der Waals surface area contributed by atoms with E-state index in [2.05, 4.69) is 41.1 Å². The Bertz CT molecular complexity index is 388. The minimum Gasteiger partial charge on any atom is -0.493 e. The Morgan fingerprint density at radius 2 is 2.13 bits per heavy atom. The van der Waals surface area contributed by atoms with E-state index in [1.807, 2.05) is 6.07 Å². The van der Waals surface area contributed by atoms with E-state index in [0.717, 1.165) is 3.57 Å². The number of rotatable bonds is 3. The number of halogens is 1. The average Bonchev–Trinajstić information content (AvgIpc) is 2.96. The van der Waals surface area contributed by atoms with Crippen molar-refractivity contribution in [1.29, 1.82) is 0 Å². The first kappa shape index (κ1) is 11.0. The van der Waals surface area contributed by atoms with E-state index in [4.69, 9.17) is 9.94 Å². The first-order valence-electron chi connectivity index (χ1n) is 4.89. The molecule has 0 atom stereocenters. The van der Waals surface area contributed by atoms with Crippen LogP contribution < -0.4 is 10.2 Å². The Labute approximate surface area is 103 Å². The lowest BCUT2D eigenvalue weighted by molar-refractivity contribution is 0.372. The van der Waals surface area contributed by atoms with Crippen LogP contribution in [0.15, 0.2) is 12.1 Å². The molecule has 15 heavy (non-hydrogen) atoms. The third-order valence-corrected chi connectivity index (χ3v) is 3.87. The minimum absolute atomic E-state index is 0.303. The fourth-order valence-electron chi connectivity index (χ4n) is 1.71. The summed E-state index contributed by atoms with van der Waals surface area (Å²) in [7, 11) is 1.61. The van der Waals surface area contributed by atoms with Crippen molar-refractivity contribution < 1.29 is 9.94 Å². The molecule has 0 amide bonds. The first-order valence-corrected chi connectivity index (χ1v) is 5.97. The molecule has 0 spiro atoms. The molecule has 2 rings (SSSR count). The fraction of sp³-hybridized carbons (Fsp3) is 0.455. The van der Waals surface area contributed by atoms with Crippen LogP contribution in [0.2, 0.25) is 0 Å². The second kappa shape index (κ2) is 3.83. The van der Waals surface area contributed by atoms with E-state index >= 15 is 0 Å². The van der Waals surface area contributed by atoms with Crippen LogP contribution in [0.1, 0.15) is 25.3 Å². The zero-order chi connectivity index (χ0) is 11.1. The van der Waals surface area contributed by atoms with Gasteiger partial charge in [0, 0.05) is 0 Å². The van der Waals surface area contributed by atoms with E-state index in [9.17, 15) is 0 Å². The van der Waals surface area contributed by atoms with Crippen LogP contribution in [0.25, 0.3) is 0 Å². The number of methoxy groups -OCH3 is 1. The molecule has 1 aromatic rings. The second-order valence-electron chi connectivity index (χ2n) is 4.21. The highest BCUT2D eigenvalue weighted by Crippen LogP contribution is 2.49. The maximum Gasteiger partial charge on any atom is 0.157 e. The topological polar surface area (TPSA) is 41.5 Å². The fourth-order valence-corrected chi connectivity index (χ4v) is 2.55.